The van der Waals surface area contributed by atoms with E-state index in [9.17, 15) is 0 Å². The lowest BCUT2D eigenvalue weighted by atomic mass is 10.1. The quantitative estimate of drug-likeness (QED) is 0.893. The van der Waals surface area contributed by atoms with Crippen molar-refractivity contribution in [3.05, 3.63) is 41.4 Å². The third-order valence-corrected chi connectivity index (χ3v) is 3.48. The molecular weight excluding hydrogens is 228 g/mol. The molecule has 2 nitrogen and oxygen atoms in total. The number of nitrogens with zero attached hydrogens (tertiary/aromatic N) is 1. The molecule has 0 saturated heterocycles. The molecule has 2 rings (SSSR count). The van der Waals surface area contributed by atoms with Crippen molar-refractivity contribution in [2.24, 2.45) is 0 Å². The number of hydrogen-bond acceptors (Lipinski definition) is 3. The topological polar surface area (TPSA) is 24.9 Å². The van der Waals surface area contributed by atoms with Gasteiger partial charge in [-0.3, -0.25) is 4.98 Å². The van der Waals surface area contributed by atoms with Gasteiger partial charge in [-0.15, -0.1) is 11.3 Å². The molecule has 2 aromatic rings. The summed E-state index contributed by atoms with van der Waals surface area (Å²) >= 11 is 1.80. The van der Waals surface area contributed by atoms with Crippen LogP contribution in [0.15, 0.2) is 36.5 Å². The lowest BCUT2D eigenvalue weighted by molar-refractivity contribution is 0.426. The van der Waals surface area contributed by atoms with Crippen LogP contribution in [-0.4, -0.2) is 10.5 Å². The summed E-state index contributed by atoms with van der Waals surface area (Å²) in [5.41, 5.74) is 1.22. The van der Waals surface area contributed by atoms with Crippen LogP contribution in [0.1, 0.15) is 25.6 Å². The fourth-order valence-electron chi connectivity index (χ4n) is 1.47. The Morgan fingerprint density at radius 3 is 2.65 bits per heavy atom. The van der Waals surface area contributed by atoms with Crippen molar-refractivity contribution in [1.82, 2.24) is 10.3 Å². The molecule has 0 fully saturated rings. The first-order valence-electron chi connectivity index (χ1n) is 5.80. The SMILES string of the molecule is CC(C)(C)NCc1ccc(-c2ccccn2)s1. The van der Waals surface area contributed by atoms with Crippen molar-refractivity contribution in [1.29, 1.82) is 0 Å². The monoisotopic (exact) mass is 246 g/mol. The lowest BCUT2D eigenvalue weighted by Crippen LogP contribution is -2.34. The van der Waals surface area contributed by atoms with E-state index >= 15 is 0 Å². The molecule has 0 bridgehead atoms. The van der Waals surface area contributed by atoms with Gasteiger partial charge in [0.15, 0.2) is 0 Å². The molecule has 3 heteroatoms. The third-order valence-electron chi connectivity index (χ3n) is 2.37. The molecule has 0 atom stereocenters. The Labute approximate surface area is 107 Å². The molecule has 1 N–H and O–H groups in total. The summed E-state index contributed by atoms with van der Waals surface area (Å²) in [6, 6.07) is 10.3. The minimum Gasteiger partial charge on any atom is -0.307 e. The molecule has 0 unspecified atom stereocenters. The highest BCUT2D eigenvalue weighted by Crippen LogP contribution is 2.26. The minimum atomic E-state index is 0.162. The van der Waals surface area contributed by atoms with Crippen LogP contribution in [-0.2, 0) is 6.54 Å². The van der Waals surface area contributed by atoms with E-state index in [1.54, 1.807) is 11.3 Å². The molecule has 0 aliphatic rings. The second kappa shape index (κ2) is 4.98. The molecule has 0 aliphatic heterocycles. The minimum absolute atomic E-state index is 0.162. The fraction of sp³-hybridized carbons (Fsp3) is 0.357. The van der Waals surface area contributed by atoms with Crippen LogP contribution in [0.25, 0.3) is 10.6 Å². The van der Waals surface area contributed by atoms with Crippen molar-refractivity contribution < 1.29 is 0 Å². The third kappa shape index (κ3) is 3.65. The van der Waals surface area contributed by atoms with Crippen LogP contribution in [0, 0.1) is 0 Å². The summed E-state index contributed by atoms with van der Waals surface area (Å²) in [6.07, 6.45) is 1.84. The first kappa shape index (κ1) is 12.3. The zero-order valence-electron chi connectivity index (χ0n) is 10.5. The van der Waals surface area contributed by atoms with Gasteiger partial charge in [0, 0.05) is 23.2 Å². The Balaban J connectivity index is 2.07. The van der Waals surface area contributed by atoms with Crippen LogP contribution >= 0.6 is 11.3 Å². The maximum absolute atomic E-state index is 4.36. The fourth-order valence-corrected chi connectivity index (χ4v) is 2.40. The number of aromatic nitrogens is 1. The highest BCUT2D eigenvalue weighted by molar-refractivity contribution is 7.15. The number of pyridine rings is 1. The maximum atomic E-state index is 4.36. The largest absolute Gasteiger partial charge is 0.307 e. The van der Waals surface area contributed by atoms with E-state index in [0.29, 0.717) is 0 Å². The van der Waals surface area contributed by atoms with E-state index in [2.05, 4.69) is 43.2 Å². The van der Waals surface area contributed by atoms with E-state index in [-0.39, 0.29) is 5.54 Å². The normalized spacial score (nSPS) is 11.7. The molecular formula is C14H18N2S. The zero-order valence-corrected chi connectivity index (χ0v) is 11.3. The summed E-state index contributed by atoms with van der Waals surface area (Å²) in [7, 11) is 0. The Morgan fingerprint density at radius 2 is 2.00 bits per heavy atom. The van der Waals surface area contributed by atoms with E-state index < -0.39 is 0 Å². The van der Waals surface area contributed by atoms with E-state index in [1.807, 2.05) is 24.4 Å². The van der Waals surface area contributed by atoms with Gasteiger partial charge >= 0.3 is 0 Å². The predicted octanol–water partition coefficient (Wildman–Crippen LogP) is 3.70. The van der Waals surface area contributed by atoms with Crippen LogP contribution in [0.4, 0.5) is 0 Å². The van der Waals surface area contributed by atoms with E-state index in [4.69, 9.17) is 0 Å². The Kier molecular flexibility index (Phi) is 3.60. The standard InChI is InChI=1S/C14H18N2S/c1-14(2,3)16-10-11-7-8-13(17-11)12-6-4-5-9-15-12/h4-9,16H,10H2,1-3H3. The smallest absolute Gasteiger partial charge is 0.0801 e. The highest BCUT2D eigenvalue weighted by Gasteiger charge is 2.10. The van der Waals surface area contributed by atoms with Gasteiger partial charge in [0.05, 0.1) is 10.6 Å². The molecule has 90 valence electrons. The molecule has 17 heavy (non-hydrogen) atoms. The van der Waals surface area contributed by atoms with Crippen LogP contribution in [0.3, 0.4) is 0 Å². The van der Waals surface area contributed by atoms with Gasteiger partial charge in [0.2, 0.25) is 0 Å². The molecule has 0 amide bonds. The average molecular weight is 246 g/mol. The molecule has 0 aromatic carbocycles. The van der Waals surface area contributed by atoms with Crippen LogP contribution in [0.5, 0.6) is 0 Å². The number of rotatable bonds is 3. The Bertz CT molecular complexity index is 468. The van der Waals surface area contributed by atoms with Crippen LogP contribution < -0.4 is 5.32 Å². The molecule has 0 spiro atoms. The molecule has 2 aromatic heterocycles. The number of nitrogens with one attached hydrogen (secondary N) is 1. The van der Waals surface area contributed by atoms with Gasteiger partial charge in [0.1, 0.15) is 0 Å². The molecule has 0 saturated carbocycles. The van der Waals surface area contributed by atoms with Crippen molar-refractivity contribution in [2.75, 3.05) is 0 Å². The second-order valence-corrected chi connectivity index (χ2v) is 6.25. The summed E-state index contributed by atoms with van der Waals surface area (Å²) in [5, 5.41) is 3.49. The summed E-state index contributed by atoms with van der Waals surface area (Å²) in [4.78, 5) is 6.94. The first-order chi connectivity index (χ1) is 8.04. The van der Waals surface area contributed by atoms with Crippen molar-refractivity contribution >= 4 is 11.3 Å². The Hall–Kier alpha value is -1.19. The summed E-state index contributed by atoms with van der Waals surface area (Å²) in [6.45, 7) is 7.46. The lowest BCUT2D eigenvalue weighted by Gasteiger charge is -2.19. The van der Waals surface area contributed by atoms with Gasteiger partial charge in [-0.2, -0.15) is 0 Å². The van der Waals surface area contributed by atoms with E-state index in [0.717, 1.165) is 12.2 Å². The van der Waals surface area contributed by atoms with Gasteiger partial charge < -0.3 is 5.32 Å². The Morgan fingerprint density at radius 1 is 1.18 bits per heavy atom. The maximum Gasteiger partial charge on any atom is 0.0801 e. The molecule has 0 radical (unpaired) electrons. The first-order valence-corrected chi connectivity index (χ1v) is 6.61. The van der Waals surface area contributed by atoms with Gasteiger partial charge in [-0.25, -0.2) is 0 Å². The zero-order chi connectivity index (χ0) is 12.3. The predicted molar refractivity (Wildman–Crippen MR) is 74.1 cm³/mol. The number of hydrogen-bond donors (Lipinski definition) is 1. The highest BCUT2D eigenvalue weighted by atomic mass is 32.1. The van der Waals surface area contributed by atoms with Gasteiger partial charge in [-0.1, -0.05) is 6.07 Å². The van der Waals surface area contributed by atoms with Gasteiger partial charge in [-0.05, 0) is 45.0 Å². The molecule has 2 heterocycles. The van der Waals surface area contributed by atoms with Crippen molar-refractivity contribution in [3.63, 3.8) is 0 Å². The average Bonchev–Trinajstić information content (AvgIpc) is 2.75. The summed E-state index contributed by atoms with van der Waals surface area (Å²) in [5.74, 6) is 0. The van der Waals surface area contributed by atoms with Gasteiger partial charge in [0.25, 0.3) is 0 Å². The number of thiophene rings is 1. The van der Waals surface area contributed by atoms with Crippen molar-refractivity contribution in [2.45, 2.75) is 32.9 Å². The van der Waals surface area contributed by atoms with E-state index in [1.165, 1.54) is 9.75 Å². The van der Waals surface area contributed by atoms with Crippen molar-refractivity contribution in [3.8, 4) is 10.6 Å². The van der Waals surface area contributed by atoms with Crippen LogP contribution in [0.2, 0.25) is 0 Å². The summed E-state index contributed by atoms with van der Waals surface area (Å²) < 4.78 is 0. The second-order valence-electron chi connectivity index (χ2n) is 5.08. The molecule has 0 aliphatic carbocycles.